The SMILES string of the molecule is Cc1cc(NC(C)c2cncs2)c(C)cc1O. The maximum absolute atomic E-state index is 9.61. The number of benzene rings is 1. The van der Waals surface area contributed by atoms with Gasteiger partial charge in [-0.2, -0.15) is 0 Å². The minimum atomic E-state index is 0.227. The molecule has 90 valence electrons. The maximum atomic E-state index is 9.61. The molecule has 0 aliphatic rings. The molecule has 0 saturated heterocycles. The predicted molar refractivity (Wildman–Crippen MR) is 71.7 cm³/mol. The first-order valence-electron chi connectivity index (χ1n) is 5.53. The van der Waals surface area contributed by atoms with Gasteiger partial charge < -0.3 is 10.4 Å². The van der Waals surface area contributed by atoms with Gasteiger partial charge in [-0.1, -0.05) is 0 Å². The van der Waals surface area contributed by atoms with Crippen molar-refractivity contribution in [2.75, 3.05) is 5.32 Å². The summed E-state index contributed by atoms with van der Waals surface area (Å²) >= 11 is 1.64. The number of hydrogen-bond acceptors (Lipinski definition) is 4. The monoisotopic (exact) mass is 248 g/mol. The Morgan fingerprint density at radius 3 is 2.71 bits per heavy atom. The summed E-state index contributed by atoms with van der Waals surface area (Å²) in [5.74, 6) is 0.346. The largest absolute Gasteiger partial charge is 0.508 e. The molecule has 0 radical (unpaired) electrons. The molecule has 2 N–H and O–H groups in total. The van der Waals surface area contributed by atoms with E-state index in [9.17, 15) is 5.11 Å². The molecule has 0 aliphatic carbocycles. The number of aryl methyl sites for hydroxylation is 2. The third-order valence-corrected chi connectivity index (χ3v) is 3.75. The molecule has 0 aliphatic heterocycles. The zero-order valence-corrected chi connectivity index (χ0v) is 11.0. The van der Waals surface area contributed by atoms with E-state index in [4.69, 9.17) is 0 Å². The van der Waals surface area contributed by atoms with Crippen molar-refractivity contribution in [1.29, 1.82) is 0 Å². The van der Waals surface area contributed by atoms with Crippen LogP contribution in [0.15, 0.2) is 23.8 Å². The third-order valence-electron chi connectivity index (χ3n) is 2.79. The molecule has 0 amide bonds. The van der Waals surface area contributed by atoms with E-state index in [1.807, 2.05) is 31.6 Å². The normalized spacial score (nSPS) is 12.4. The minimum Gasteiger partial charge on any atom is -0.508 e. The van der Waals surface area contributed by atoms with E-state index in [1.54, 1.807) is 17.4 Å². The van der Waals surface area contributed by atoms with Crippen LogP contribution in [-0.4, -0.2) is 10.1 Å². The van der Waals surface area contributed by atoms with Crippen molar-refractivity contribution in [3.8, 4) is 5.75 Å². The topological polar surface area (TPSA) is 45.2 Å². The molecule has 1 aromatic carbocycles. The molecular weight excluding hydrogens is 232 g/mol. The number of phenolic OH excluding ortho intramolecular Hbond substituents is 1. The van der Waals surface area contributed by atoms with Crippen LogP contribution in [0.3, 0.4) is 0 Å². The van der Waals surface area contributed by atoms with Crippen molar-refractivity contribution >= 4 is 17.0 Å². The number of nitrogens with zero attached hydrogens (tertiary/aromatic N) is 1. The Kier molecular flexibility index (Phi) is 3.33. The summed E-state index contributed by atoms with van der Waals surface area (Å²) in [6.45, 7) is 5.99. The molecule has 0 bridgehead atoms. The zero-order chi connectivity index (χ0) is 12.4. The second-order valence-corrected chi connectivity index (χ2v) is 5.14. The molecule has 4 heteroatoms. The van der Waals surface area contributed by atoms with Crippen LogP contribution in [0.2, 0.25) is 0 Å². The van der Waals surface area contributed by atoms with Crippen LogP contribution in [0.25, 0.3) is 0 Å². The van der Waals surface area contributed by atoms with E-state index >= 15 is 0 Å². The van der Waals surface area contributed by atoms with Gasteiger partial charge in [-0.05, 0) is 44.0 Å². The molecule has 0 spiro atoms. The van der Waals surface area contributed by atoms with Crippen LogP contribution in [0, 0.1) is 13.8 Å². The minimum absolute atomic E-state index is 0.227. The summed E-state index contributed by atoms with van der Waals surface area (Å²) in [5.41, 5.74) is 4.82. The standard InChI is InChI=1S/C13H16N2OS/c1-8-5-12(16)9(2)4-11(8)15-10(3)13-6-14-7-17-13/h4-7,10,15-16H,1-3H3. The average molecular weight is 248 g/mol. The van der Waals surface area contributed by atoms with E-state index in [2.05, 4.69) is 17.2 Å². The first-order chi connectivity index (χ1) is 8.08. The second kappa shape index (κ2) is 4.75. The fourth-order valence-corrected chi connectivity index (χ4v) is 2.33. The molecule has 0 saturated carbocycles. The number of rotatable bonds is 3. The average Bonchev–Trinajstić information content (AvgIpc) is 2.79. The highest BCUT2D eigenvalue weighted by Crippen LogP contribution is 2.28. The van der Waals surface area contributed by atoms with Crippen LogP contribution >= 0.6 is 11.3 Å². The lowest BCUT2D eigenvalue weighted by molar-refractivity contribution is 0.471. The summed E-state index contributed by atoms with van der Waals surface area (Å²) in [6, 6.07) is 3.99. The third kappa shape index (κ3) is 2.58. The molecule has 2 aromatic rings. The Morgan fingerprint density at radius 2 is 2.06 bits per heavy atom. The first-order valence-corrected chi connectivity index (χ1v) is 6.41. The molecule has 17 heavy (non-hydrogen) atoms. The molecule has 2 rings (SSSR count). The lowest BCUT2D eigenvalue weighted by Crippen LogP contribution is -2.06. The van der Waals surface area contributed by atoms with Gasteiger partial charge in [0.15, 0.2) is 0 Å². The molecule has 1 heterocycles. The summed E-state index contributed by atoms with van der Waals surface area (Å²) in [6.07, 6.45) is 1.88. The fraction of sp³-hybridized carbons (Fsp3) is 0.308. The van der Waals surface area contributed by atoms with Gasteiger partial charge >= 0.3 is 0 Å². The lowest BCUT2D eigenvalue weighted by atomic mass is 10.1. The molecule has 0 fully saturated rings. The quantitative estimate of drug-likeness (QED) is 0.815. The molecule has 1 atom stereocenters. The lowest BCUT2D eigenvalue weighted by Gasteiger charge is -2.16. The highest BCUT2D eigenvalue weighted by atomic mass is 32.1. The van der Waals surface area contributed by atoms with E-state index in [0.717, 1.165) is 16.8 Å². The Morgan fingerprint density at radius 1 is 1.29 bits per heavy atom. The molecule has 1 aromatic heterocycles. The number of thiazole rings is 1. The fourth-order valence-electron chi connectivity index (χ4n) is 1.70. The van der Waals surface area contributed by atoms with E-state index in [0.29, 0.717) is 5.75 Å². The first kappa shape index (κ1) is 11.9. The van der Waals surface area contributed by atoms with Gasteiger partial charge in [-0.3, -0.25) is 4.98 Å². The van der Waals surface area contributed by atoms with Crippen LogP contribution < -0.4 is 5.32 Å². The van der Waals surface area contributed by atoms with Gasteiger partial charge in [0, 0.05) is 16.8 Å². The smallest absolute Gasteiger partial charge is 0.118 e. The van der Waals surface area contributed by atoms with Crippen LogP contribution in [-0.2, 0) is 0 Å². The van der Waals surface area contributed by atoms with Crippen molar-refractivity contribution in [3.63, 3.8) is 0 Å². The van der Waals surface area contributed by atoms with Gasteiger partial charge in [0.2, 0.25) is 0 Å². The van der Waals surface area contributed by atoms with E-state index in [-0.39, 0.29) is 6.04 Å². The van der Waals surface area contributed by atoms with E-state index in [1.165, 1.54) is 4.88 Å². The summed E-state index contributed by atoms with van der Waals surface area (Å²) < 4.78 is 0. The van der Waals surface area contributed by atoms with Crippen molar-refractivity contribution in [1.82, 2.24) is 4.98 Å². The number of nitrogens with one attached hydrogen (secondary N) is 1. The number of phenols is 1. The van der Waals surface area contributed by atoms with Gasteiger partial charge in [0.1, 0.15) is 5.75 Å². The summed E-state index contributed by atoms with van der Waals surface area (Å²) in [4.78, 5) is 5.28. The van der Waals surface area contributed by atoms with Gasteiger partial charge in [0.25, 0.3) is 0 Å². The highest BCUT2D eigenvalue weighted by molar-refractivity contribution is 7.09. The highest BCUT2D eigenvalue weighted by Gasteiger charge is 2.09. The van der Waals surface area contributed by atoms with Crippen LogP contribution in [0.1, 0.15) is 29.0 Å². The number of aromatic hydroxyl groups is 1. The molecular formula is C13H16N2OS. The van der Waals surface area contributed by atoms with Crippen LogP contribution in [0.5, 0.6) is 5.75 Å². The van der Waals surface area contributed by atoms with Crippen molar-refractivity contribution < 1.29 is 5.11 Å². The van der Waals surface area contributed by atoms with Gasteiger partial charge in [-0.25, -0.2) is 0 Å². The van der Waals surface area contributed by atoms with Crippen molar-refractivity contribution in [3.05, 3.63) is 39.8 Å². The maximum Gasteiger partial charge on any atom is 0.118 e. The number of hydrogen-bond donors (Lipinski definition) is 2. The predicted octanol–water partition coefficient (Wildman–Crippen LogP) is 3.64. The van der Waals surface area contributed by atoms with E-state index < -0.39 is 0 Å². The Labute approximate surface area is 105 Å². The second-order valence-electron chi connectivity index (χ2n) is 4.22. The molecule has 1 unspecified atom stereocenters. The Balaban J connectivity index is 2.22. The summed E-state index contributed by atoms with van der Waals surface area (Å²) in [7, 11) is 0. The Hall–Kier alpha value is -1.55. The Bertz CT molecular complexity index is 508. The number of anilines is 1. The summed E-state index contributed by atoms with van der Waals surface area (Å²) in [5, 5.41) is 13.0. The number of aromatic nitrogens is 1. The van der Waals surface area contributed by atoms with Crippen molar-refractivity contribution in [2.24, 2.45) is 0 Å². The van der Waals surface area contributed by atoms with Crippen LogP contribution in [0.4, 0.5) is 5.69 Å². The van der Waals surface area contributed by atoms with Crippen molar-refractivity contribution in [2.45, 2.75) is 26.8 Å². The molecule has 3 nitrogen and oxygen atoms in total. The zero-order valence-electron chi connectivity index (χ0n) is 10.2. The van der Waals surface area contributed by atoms with Gasteiger partial charge in [0.05, 0.1) is 11.6 Å². The van der Waals surface area contributed by atoms with Gasteiger partial charge in [-0.15, -0.1) is 11.3 Å².